The van der Waals surface area contributed by atoms with Crippen LogP contribution in [0.5, 0.6) is 11.5 Å². The first-order valence-electron chi connectivity index (χ1n) is 17.2. The second-order valence-electron chi connectivity index (χ2n) is 13.7. The van der Waals surface area contributed by atoms with Gasteiger partial charge in [0.15, 0.2) is 0 Å². The summed E-state index contributed by atoms with van der Waals surface area (Å²) >= 11 is 32.9. The van der Waals surface area contributed by atoms with E-state index < -0.39 is 0 Å². The van der Waals surface area contributed by atoms with E-state index in [-0.39, 0.29) is 11.2 Å². The monoisotopic (exact) mass is 806 g/mol. The summed E-state index contributed by atoms with van der Waals surface area (Å²) in [5, 5.41) is 19.7. The molecule has 0 saturated carbocycles. The molecule has 0 fully saturated rings. The molecule has 14 heteroatoms. The van der Waals surface area contributed by atoms with Crippen molar-refractivity contribution in [1.29, 1.82) is 0 Å². The van der Waals surface area contributed by atoms with Gasteiger partial charge < -0.3 is 41.4 Å². The smallest absolute Gasteiger partial charge is 0.120 e. The molecule has 2 aromatic rings. The summed E-state index contributed by atoms with van der Waals surface area (Å²) in [4.78, 5) is 4.55. The Labute approximate surface area is 337 Å². The molecular weight excluding hydrogens is 753 g/mol. The first-order valence-corrected chi connectivity index (χ1v) is 19.7. The largest absolute Gasteiger partial charge is 0.488 e. The van der Waals surface area contributed by atoms with E-state index in [0.717, 1.165) is 62.1 Å². The van der Waals surface area contributed by atoms with Gasteiger partial charge >= 0.3 is 0 Å². The van der Waals surface area contributed by atoms with Crippen molar-refractivity contribution in [2.45, 2.75) is 84.8 Å². The highest BCUT2D eigenvalue weighted by Crippen LogP contribution is 2.19. The lowest BCUT2D eigenvalue weighted by Gasteiger charge is -2.21. The highest BCUT2D eigenvalue weighted by atomic mass is 32.1. The number of hydrogen-bond donors (Lipinski definition) is 6. The Morgan fingerprint density at radius 1 is 0.431 bits per heavy atom. The topological polar surface area (TPSA) is 90.6 Å². The summed E-state index contributed by atoms with van der Waals surface area (Å²) in [6.45, 7) is 16.4. The van der Waals surface area contributed by atoms with Crippen molar-refractivity contribution in [2.75, 3.05) is 39.3 Å². The van der Waals surface area contributed by atoms with Gasteiger partial charge in [-0.05, 0) is 96.5 Å². The number of benzene rings is 2. The molecule has 0 radical (unpaired) electrons. The Bertz CT molecular complexity index is 1340. The van der Waals surface area contributed by atoms with Crippen molar-refractivity contribution in [3.05, 3.63) is 59.7 Å². The summed E-state index contributed by atoms with van der Waals surface area (Å²) in [5.74, 6) is 1.64. The van der Waals surface area contributed by atoms with Crippen LogP contribution in [0.3, 0.4) is 0 Å². The molecule has 0 spiro atoms. The van der Waals surface area contributed by atoms with Crippen LogP contribution >= 0.6 is 73.3 Å². The van der Waals surface area contributed by atoms with E-state index in [2.05, 4.69) is 31.9 Å². The van der Waals surface area contributed by atoms with Crippen molar-refractivity contribution in [3.8, 4) is 11.5 Å². The minimum atomic E-state index is -0.238. The molecule has 0 aliphatic heterocycles. The van der Waals surface area contributed by atoms with Crippen LogP contribution in [0.25, 0.3) is 0 Å². The van der Waals surface area contributed by atoms with Crippen molar-refractivity contribution >= 4 is 103 Å². The van der Waals surface area contributed by atoms with Gasteiger partial charge in [0.1, 0.15) is 32.7 Å². The zero-order chi connectivity index (χ0) is 37.9. The maximum absolute atomic E-state index is 5.87. The van der Waals surface area contributed by atoms with Gasteiger partial charge in [0, 0.05) is 76.1 Å². The van der Waals surface area contributed by atoms with Gasteiger partial charge in [-0.1, -0.05) is 73.3 Å². The highest BCUT2D eigenvalue weighted by molar-refractivity contribution is 7.81. The third-order valence-electron chi connectivity index (χ3n) is 6.70. The van der Waals surface area contributed by atoms with Gasteiger partial charge in [-0.3, -0.25) is 0 Å². The average molecular weight is 807 g/mol. The number of hydrogen-bond acceptors (Lipinski definition) is 8. The summed E-state index contributed by atoms with van der Waals surface area (Å²) < 4.78 is 11.7. The number of nitrogens with one attached hydrogen (secondary N) is 6. The fourth-order valence-corrected chi connectivity index (χ4v) is 5.66. The predicted molar refractivity (Wildman–Crippen MR) is 239 cm³/mol. The number of ether oxygens (including phenoxy) is 2. The molecule has 0 aromatic heterocycles. The Morgan fingerprint density at radius 2 is 0.706 bits per heavy atom. The number of rotatable bonds is 20. The maximum Gasteiger partial charge on any atom is 0.120 e. The highest BCUT2D eigenvalue weighted by Gasteiger charge is 2.13. The van der Waals surface area contributed by atoms with Crippen molar-refractivity contribution in [1.82, 2.24) is 31.9 Å². The predicted octanol–water partition coefficient (Wildman–Crippen LogP) is 6.89. The zero-order valence-electron chi connectivity index (χ0n) is 30.7. The van der Waals surface area contributed by atoms with Crippen molar-refractivity contribution < 1.29 is 9.47 Å². The Morgan fingerprint density at radius 3 is 1.00 bits per heavy atom. The molecule has 8 nitrogen and oxygen atoms in total. The molecule has 0 aliphatic rings. The van der Waals surface area contributed by atoms with E-state index in [0.29, 0.717) is 61.8 Å². The van der Waals surface area contributed by atoms with E-state index in [1.54, 1.807) is 0 Å². The molecule has 280 valence electrons. The summed E-state index contributed by atoms with van der Waals surface area (Å²) in [6, 6.07) is 15.6. The van der Waals surface area contributed by atoms with Gasteiger partial charge in [-0.2, -0.15) is 0 Å². The van der Waals surface area contributed by atoms with Crippen LogP contribution in [-0.4, -0.2) is 80.4 Å². The molecule has 2 rings (SSSR count). The molecule has 0 bridgehead atoms. The zero-order valence-corrected chi connectivity index (χ0v) is 35.6. The van der Waals surface area contributed by atoms with Crippen LogP contribution in [0.15, 0.2) is 48.5 Å². The summed E-state index contributed by atoms with van der Waals surface area (Å²) in [7, 11) is 0. The van der Waals surface area contributed by atoms with Crippen molar-refractivity contribution in [3.63, 3.8) is 0 Å². The SMILES string of the molecule is CC(C)(C)Oc1ccc(C(=S)NCCC(=S)NCCC(=S)NCCCNC(=S)CCNC(=S)CCNC(=S)c2ccc(OC(C)(C)C)cc2)cc1. The fraction of sp³-hybridized carbons (Fsp3) is 0.514. The number of thiocarbonyl (C=S) groups is 6. The molecule has 51 heavy (non-hydrogen) atoms. The van der Waals surface area contributed by atoms with Gasteiger partial charge in [0.25, 0.3) is 0 Å². The minimum absolute atomic E-state index is 0.238. The summed E-state index contributed by atoms with van der Waals surface area (Å²) in [6.07, 6.45) is 3.69. The fourth-order valence-electron chi connectivity index (χ4n) is 4.37. The van der Waals surface area contributed by atoms with Crippen LogP contribution in [0, 0.1) is 0 Å². The molecule has 2 aromatic carbocycles. The maximum atomic E-state index is 5.87. The van der Waals surface area contributed by atoms with Crippen LogP contribution in [-0.2, 0) is 0 Å². The second kappa shape index (κ2) is 23.1. The van der Waals surface area contributed by atoms with E-state index in [1.165, 1.54) is 0 Å². The Hall–Kier alpha value is -2.62. The van der Waals surface area contributed by atoms with E-state index in [4.69, 9.17) is 82.8 Å². The molecule has 0 atom stereocenters. The van der Waals surface area contributed by atoms with E-state index >= 15 is 0 Å². The Kier molecular flexibility index (Phi) is 20.2. The first kappa shape index (κ1) is 44.5. The quantitative estimate of drug-likeness (QED) is 0.0621. The van der Waals surface area contributed by atoms with Crippen LogP contribution in [0.1, 0.15) is 84.8 Å². The lowest BCUT2D eigenvalue weighted by Crippen LogP contribution is -2.33. The standard InChI is InChI=1S/C37H54N6O2S6/c1-36(2,3)44-28-12-8-26(9-13-28)34(50)42-24-18-32(48)40-22-16-30(46)38-20-7-21-39-31(47)17-23-41-33(49)19-25-43-35(51)27-10-14-29(15-11-27)45-37(4,5)6/h8-15H,7,16-25H2,1-6H3,(H,38,46)(H,39,47)(H,40,48)(H,41,49)(H,42,50)(H,43,51). The third-order valence-corrected chi connectivity index (χ3v) is 8.86. The Balaban J connectivity index is 1.44. The molecule has 0 amide bonds. The lowest BCUT2D eigenvalue weighted by molar-refractivity contribution is 0.130. The van der Waals surface area contributed by atoms with Gasteiger partial charge in [0.2, 0.25) is 0 Å². The van der Waals surface area contributed by atoms with Crippen LogP contribution < -0.4 is 41.4 Å². The van der Waals surface area contributed by atoms with E-state index in [9.17, 15) is 0 Å². The summed E-state index contributed by atoms with van der Waals surface area (Å²) in [5.41, 5.74) is 1.42. The lowest BCUT2D eigenvalue weighted by atomic mass is 10.1. The van der Waals surface area contributed by atoms with Gasteiger partial charge in [0.05, 0.1) is 20.0 Å². The minimum Gasteiger partial charge on any atom is -0.488 e. The van der Waals surface area contributed by atoms with Crippen molar-refractivity contribution in [2.24, 2.45) is 0 Å². The van der Waals surface area contributed by atoms with Gasteiger partial charge in [-0.25, -0.2) is 0 Å². The first-order chi connectivity index (χ1) is 24.0. The van der Waals surface area contributed by atoms with E-state index in [1.807, 2.05) is 90.1 Å². The molecule has 6 N–H and O–H groups in total. The normalized spacial score (nSPS) is 11.1. The molecule has 0 heterocycles. The second-order valence-corrected chi connectivity index (χ2v) is 16.5. The molecule has 0 saturated heterocycles. The molecule has 0 aliphatic carbocycles. The van der Waals surface area contributed by atoms with Crippen LogP contribution in [0.2, 0.25) is 0 Å². The third kappa shape index (κ3) is 21.5. The average Bonchev–Trinajstić information content (AvgIpc) is 3.03. The molecule has 0 unspecified atom stereocenters. The van der Waals surface area contributed by atoms with Crippen LogP contribution in [0.4, 0.5) is 0 Å². The molecular formula is C37H54N6O2S6. The van der Waals surface area contributed by atoms with Gasteiger partial charge in [-0.15, -0.1) is 0 Å².